The molecule has 2 unspecified atom stereocenters. The van der Waals surface area contributed by atoms with Gasteiger partial charge in [0.05, 0.1) is 11.8 Å². The molecule has 0 aliphatic rings. The fourth-order valence-electron chi connectivity index (χ4n) is 1.52. The van der Waals surface area contributed by atoms with Gasteiger partial charge in [-0.15, -0.1) is 0 Å². The molecule has 0 saturated carbocycles. The zero-order valence-electron chi connectivity index (χ0n) is 10.7. The van der Waals surface area contributed by atoms with Crippen molar-refractivity contribution in [2.75, 3.05) is 11.5 Å². The third-order valence-electron chi connectivity index (χ3n) is 2.36. The molecular weight excluding hydrogens is 268 g/mol. The first kappa shape index (κ1) is 15.3. The van der Waals surface area contributed by atoms with E-state index in [0.29, 0.717) is 10.8 Å². The van der Waals surface area contributed by atoms with E-state index in [-0.39, 0.29) is 18.0 Å². The van der Waals surface area contributed by atoms with E-state index in [4.69, 9.17) is 17.3 Å². The van der Waals surface area contributed by atoms with E-state index in [1.807, 2.05) is 38.1 Å². The Morgan fingerprint density at radius 1 is 1.44 bits per heavy atom. The molecular formula is C13H19ClN2OS. The first-order valence-electron chi connectivity index (χ1n) is 5.87. The van der Waals surface area contributed by atoms with Crippen molar-refractivity contribution in [1.82, 2.24) is 5.32 Å². The highest BCUT2D eigenvalue weighted by atomic mass is 35.5. The van der Waals surface area contributed by atoms with E-state index in [1.54, 1.807) is 11.8 Å². The van der Waals surface area contributed by atoms with Crippen LogP contribution in [0.5, 0.6) is 0 Å². The van der Waals surface area contributed by atoms with Crippen LogP contribution in [-0.2, 0) is 4.79 Å². The lowest BCUT2D eigenvalue weighted by molar-refractivity contribution is -0.119. The van der Waals surface area contributed by atoms with Crippen molar-refractivity contribution in [3.8, 4) is 0 Å². The summed E-state index contributed by atoms with van der Waals surface area (Å²) in [5.41, 5.74) is 6.56. The number of carbonyl (C=O) groups is 1. The Morgan fingerprint density at radius 2 is 2.11 bits per heavy atom. The van der Waals surface area contributed by atoms with Gasteiger partial charge in [-0.1, -0.05) is 29.8 Å². The average Bonchev–Trinajstić information content (AvgIpc) is 2.28. The molecule has 5 heteroatoms. The quantitative estimate of drug-likeness (QED) is 0.845. The molecule has 0 saturated heterocycles. The topological polar surface area (TPSA) is 55.1 Å². The molecule has 0 aromatic heterocycles. The van der Waals surface area contributed by atoms with Gasteiger partial charge in [0.1, 0.15) is 0 Å². The van der Waals surface area contributed by atoms with Gasteiger partial charge in [0.15, 0.2) is 0 Å². The maximum absolute atomic E-state index is 11.7. The van der Waals surface area contributed by atoms with Gasteiger partial charge in [-0.25, -0.2) is 0 Å². The number of amides is 1. The van der Waals surface area contributed by atoms with Crippen LogP contribution in [0.2, 0.25) is 5.02 Å². The minimum Gasteiger partial charge on any atom is -0.349 e. The second-order valence-corrected chi connectivity index (χ2v) is 5.74. The molecule has 0 bridgehead atoms. The summed E-state index contributed by atoms with van der Waals surface area (Å²) >= 11 is 7.62. The highest BCUT2D eigenvalue weighted by Gasteiger charge is 2.12. The van der Waals surface area contributed by atoms with E-state index in [1.165, 1.54) is 0 Å². The Bertz CT molecular complexity index is 398. The highest BCUT2D eigenvalue weighted by molar-refractivity contribution is 7.99. The minimum absolute atomic E-state index is 0.00747. The molecule has 1 amide bonds. The second-order valence-electron chi connectivity index (χ2n) is 4.30. The fourth-order valence-corrected chi connectivity index (χ4v) is 2.58. The number of rotatable bonds is 6. The van der Waals surface area contributed by atoms with Crippen molar-refractivity contribution < 1.29 is 4.79 Å². The Balaban J connectivity index is 2.42. The van der Waals surface area contributed by atoms with Gasteiger partial charge >= 0.3 is 0 Å². The number of hydrogen-bond acceptors (Lipinski definition) is 3. The Morgan fingerprint density at radius 3 is 2.72 bits per heavy atom. The van der Waals surface area contributed by atoms with Crippen molar-refractivity contribution in [2.45, 2.75) is 25.9 Å². The average molecular weight is 287 g/mol. The Hall–Kier alpha value is -0.710. The predicted octanol–water partition coefficient (Wildman–Crippen LogP) is 2.60. The zero-order valence-corrected chi connectivity index (χ0v) is 12.2. The fraction of sp³-hybridized carbons (Fsp3) is 0.462. The van der Waals surface area contributed by atoms with Crippen LogP contribution in [0.15, 0.2) is 24.3 Å². The summed E-state index contributed by atoms with van der Waals surface area (Å²) in [6.07, 6.45) is 0. The maximum atomic E-state index is 11.7. The molecule has 0 spiro atoms. The third kappa shape index (κ3) is 5.29. The molecule has 1 rings (SSSR count). The van der Waals surface area contributed by atoms with Crippen LogP contribution in [0.25, 0.3) is 0 Å². The molecule has 1 aromatic carbocycles. The van der Waals surface area contributed by atoms with Crippen LogP contribution in [0, 0.1) is 0 Å². The van der Waals surface area contributed by atoms with Gasteiger partial charge < -0.3 is 11.1 Å². The second kappa shape index (κ2) is 7.67. The number of benzene rings is 1. The largest absolute Gasteiger partial charge is 0.349 e. The van der Waals surface area contributed by atoms with Gasteiger partial charge in [-0.3, -0.25) is 4.79 Å². The van der Waals surface area contributed by atoms with Crippen LogP contribution < -0.4 is 11.1 Å². The van der Waals surface area contributed by atoms with Crippen LogP contribution in [0.4, 0.5) is 0 Å². The summed E-state index contributed by atoms with van der Waals surface area (Å²) in [6.45, 7) is 3.85. The summed E-state index contributed by atoms with van der Waals surface area (Å²) in [5.74, 6) is 1.22. The van der Waals surface area contributed by atoms with Crippen molar-refractivity contribution >= 4 is 29.3 Å². The number of thioether (sulfide) groups is 1. The summed E-state index contributed by atoms with van der Waals surface area (Å²) in [5, 5.41) is 3.60. The monoisotopic (exact) mass is 286 g/mol. The smallest absolute Gasteiger partial charge is 0.230 e. The SMILES string of the molecule is CC(N)CSCC(=O)NC(C)c1ccccc1Cl. The van der Waals surface area contributed by atoms with Gasteiger partial charge in [0.25, 0.3) is 0 Å². The molecule has 3 nitrogen and oxygen atoms in total. The predicted molar refractivity (Wildman–Crippen MR) is 79.0 cm³/mol. The van der Waals surface area contributed by atoms with Crippen LogP contribution in [0.3, 0.4) is 0 Å². The lowest BCUT2D eigenvalue weighted by atomic mass is 10.1. The number of hydrogen-bond donors (Lipinski definition) is 2. The summed E-state index contributed by atoms with van der Waals surface area (Å²) in [6, 6.07) is 7.56. The molecule has 100 valence electrons. The third-order valence-corrected chi connectivity index (χ3v) is 3.94. The number of halogens is 1. The molecule has 0 aliphatic carbocycles. The molecule has 3 N–H and O–H groups in total. The minimum atomic E-state index is -0.0814. The van der Waals surface area contributed by atoms with Crippen LogP contribution >= 0.6 is 23.4 Å². The van der Waals surface area contributed by atoms with Crippen LogP contribution in [-0.4, -0.2) is 23.5 Å². The summed E-state index contributed by atoms with van der Waals surface area (Å²) in [4.78, 5) is 11.7. The molecule has 1 aromatic rings. The van der Waals surface area contributed by atoms with E-state index >= 15 is 0 Å². The number of carbonyl (C=O) groups excluding carboxylic acids is 1. The first-order chi connectivity index (χ1) is 8.50. The molecule has 0 fully saturated rings. The van der Waals surface area contributed by atoms with Gasteiger partial charge in [-0.2, -0.15) is 11.8 Å². The van der Waals surface area contributed by atoms with Crippen LogP contribution in [0.1, 0.15) is 25.5 Å². The maximum Gasteiger partial charge on any atom is 0.230 e. The summed E-state index contributed by atoms with van der Waals surface area (Å²) in [7, 11) is 0. The van der Waals surface area contributed by atoms with Crippen molar-refractivity contribution in [3.63, 3.8) is 0 Å². The zero-order chi connectivity index (χ0) is 13.5. The van der Waals surface area contributed by atoms with E-state index in [2.05, 4.69) is 5.32 Å². The molecule has 0 aliphatic heterocycles. The molecule has 0 heterocycles. The standard InChI is InChI=1S/C13H19ClN2OS/c1-9(15)7-18-8-13(17)16-10(2)11-5-3-4-6-12(11)14/h3-6,9-10H,7-8,15H2,1-2H3,(H,16,17). The van der Waals surface area contributed by atoms with E-state index in [9.17, 15) is 4.79 Å². The van der Waals surface area contributed by atoms with Crippen molar-refractivity contribution in [2.24, 2.45) is 5.73 Å². The lowest BCUT2D eigenvalue weighted by Crippen LogP contribution is -2.29. The number of nitrogens with two attached hydrogens (primary N) is 1. The van der Waals surface area contributed by atoms with Crippen molar-refractivity contribution in [1.29, 1.82) is 0 Å². The Labute approximate surface area is 117 Å². The highest BCUT2D eigenvalue weighted by Crippen LogP contribution is 2.22. The van der Waals surface area contributed by atoms with E-state index < -0.39 is 0 Å². The van der Waals surface area contributed by atoms with E-state index in [0.717, 1.165) is 11.3 Å². The number of nitrogens with one attached hydrogen (secondary N) is 1. The van der Waals surface area contributed by atoms with Gasteiger partial charge in [0.2, 0.25) is 5.91 Å². The normalized spacial score (nSPS) is 14.0. The lowest BCUT2D eigenvalue weighted by Gasteiger charge is -2.15. The van der Waals surface area contributed by atoms with Gasteiger partial charge in [-0.05, 0) is 25.5 Å². The van der Waals surface area contributed by atoms with Crippen molar-refractivity contribution in [3.05, 3.63) is 34.9 Å². The van der Waals surface area contributed by atoms with Gasteiger partial charge in [0, 0.05) is 16.8 Å². The molecule has 0 radical (unpaired) electrons. The Kier molecular flexibility index (Phi) is 6.54. The first-order valence-corrected chi connectivity index (χ1v) is 7.41. The summed E-state index contributed by atoms with van der Waals surface area (Å²) < 4.78 is 0. The molecule has 18 heavy (non-hydrogen) atoms. The molecule has 2 atom stereocenters.